The first-order chi connectivity index (χ1) is 16.0. The number of aryl methyl sites for hydroxylation is 1. The van der Waals surface area contributed by atoms with Crippen LogP contribution in [0.1, 0.15) is 11.1 Å². The van der Waals surface area contributed by atoms with Crippen LogP contribution in [0.5, 0.6) is 5.75 Å². The molecule has 3 aromatic rings. The average molecular weight is 449 g/mol. The zero-order valence-electron chi connectivity index (χ0n) is 18.2. The van der Waals surface area contributed by atoms with E-state index in [9.17, 15) is 14.3 Å². The molecule has 1 saturated heterocycles. The summed E-state index contributed by atoms with van der Waals surface area (Å²) >= 11 is 0. The minimum Gasteiger partial charge on any atom is -0.508 e. The summed E-state index contributed by atoms with van der Waals surface area (Å²) in [4.78, 5) is 26.2. The Morgan fingerprint density at radius 1 is 1.12 bits per heavy atom. The lowest BCUT2D eigenvalue weighted by Crippen LogP contribution is -2.38. The van der Waals surface area contributed by atoms with E-state index in [1.807, 2.05) is 11.0 Å². The molecule has 170 valence electrons. The second kappa shape index (κ2) is 8.67. The third-order valence-electron chi connectivity index (χ3n) is 5.84. The van der Waals surface area contributed by atoms with Gasteiger partial charge < -0.3 is 20.1 Å². The zero-order chi connectivity index (χ0) is 22.9. The summed E-state index contributed by atoms with van der Waals surface area (Å²) in [6.07, 6.45) is 0.549. The van der Waals surface area contributed by atoms with Gasteiger partial charge in [0, 0.05) is 30.8 Å². The largest absolute Gasteiger partial charge is 0.508 e. The van der Waals surface area contributed by atoms with Gasteiger partial charge in [-0.3, -0.25) is 4.90 Å². The molecule has 0 aliphatic carbocycles. The number of hydrogen-bond acceptors (Lipinski definition) is 6. The molecule has 2 amide bonds. The smallest absolute Gasteiger partial charge is 0.327 e. The van der Waals surface area contributed by atoms with E-state index in [2.05, 4.69) is 5.32 Å². The third kappa shape index (κ3) is 4.19. The van der Waals surface area contributed by atoms with Crippen molar-refractivity contribution in [2.24, 2.45) is 0 Å². The molecule has 0 unspecified atom stereocenters. The van der Waals surface area contributed by atoms with Crippen LogP contribution in [0.25, 0.3) is 11.3 Å². The van der Waals surface area contributed by atoms with Gasteiger partial charge in [-0.15, -0.1) is 0 Å². The van der Waals surface area contributed by atoms with Crippen molar-refractivity contribution in [2.45, 2.75) is 13.3 Å². The number of aromatic hydroxyl groups is 1. The van der Waals surface area contributed by atoms with E-state index in [1.165, 1.54) is 11.0 Å². The molecule has 8 nitrogen and oxygen atoms in total. The molecule has 3 heterocycles. The van der Waals surface area contributed by atoms with Gasteiger partial charge in [0.2, 0.25) is 5.95 Å². The van der Waals surface area contributed by atoms with Crippen LogP contribution in [0.2, 0.25) is 0 Å². The molecule has 9 heteroatoms. The Kier molecular flexibility index (Phi) is 5.55. The Balaban J connectivity index is 1.54. The molecule has 0 atom stereocenters. The number of halogens is 1. The molecular formula is C24H24FN5O3. The lowest BCUT2D eigenvalue weighted by atomic mass is 10.1. The van der Waals surface area contributed by atoms with Crippen LogP contribution in [0.3, 0.4) is 0 Å². The number of phenolic OH excluding ortho intramolecular Hbond substituents is 1. The number of phenols is 1. The number of nitrogens with zero attached hydrogens (tertiary/aromatic N) is 4. The number of carbonyl (C=O) groups is 1. The molecule has 1 aromatic heterocycles. The Hall–Kier alpha value is -3.72. The van der Waals surface area contributed by atoms with Crippen LogP contribution < -0.4 is 15.1 Å². The van der Waals surface area contributed by atoms with Crippen molar-refractivity contribution in [3.8, 4) is 17.0 Å². The number of benzene rings is 2. The van der Waals surface area contributed by atoms with Crippen molar-refractivity contribution in [1.29, 1.82) is 0 Å². The number of rotatable bonds is 3. The fourth-order valence-electron chi connectivity index (χ4n) is 4.14. The van der Waals surface area contributed by atoms with Crippen molar-refractivity contribution >= 4 is 23.5 Å². The first-order valence-corrected chi connectivity index (χ1v) is 10.9. The van der Waals surface area contributed by atoms with Gasteiger partial charge in [0.1, 0.15) is 17.4 Å². The number of carbonyl (C=O) groups excluding carboxylic acids is 1. The Bertz CT molecular complexity index is 1210. The van der Waals surface area contributed by atoms with E-state index >= 15 is 0 Å². The lowest BCUT2D eigenvalue weighted by molar-refractivity contribution is 0.122. The van der Waals surface area contributed by atoms with Crippen LogP contribution in [0.15, 0.2) is 42.5 Å². The quantitative estimate of drug-likeness (QED) is 0.633. The SMILES string of the molecule is Cc1ccc(NC(=O)N2CCc3c(-c4cccc(O)c4)nc(N4CCOCC4)nc32)c(F)c1. The highest BCUT2D eigenvalue weighted by Gasteiger charge is 2.32. The molecule has 33 heavy (non-hydrogen) atoms. The van der Waals surface area contributed by atoms with E-state index in [0.717, 1.165) is 16.7 Å². The molecule has 0 radical (unpaired) electrons. The summed E-state index contributed by atoms with van der Waals surface area (Å²) in [7, 11) is 0. The summed E-state index contributed by atoms with van der Waals surface area (Å²) in [5, 5.41) is 12.7. The average Bonchev–Trinajstić information content (AvgIpc) is 3.25. The van der Waals surface area contributed by atoms with Crippen molar-refractivity contribution in [3.63, 3.8) is 0 Å². The van der Waals surface area contributed by atoms with Gasteiger partial charge in [0.15, 0.2) is 0 Å². The van der Waals surface area contributed by atoms with Crippen LogP contribution in [-0.2, 0) is 11.2 Å². The number of aromatic nitrogens is 2. The van der Waals surface area contributed by atoms with E-state index in [1.54, 1.807) is 37.3 Å². The second-order valence-electron chi connectivity index (χ2n) is 8.14. The molecule has 2 N–H and O–H groups in total. The van der Waals surface area contributed by atoms with Gasteiger partial charge in [-0.05, 0) is 43.2 Å². The first kappa shape index (κ1) is 21.1. The molecule has 2 aliphatic rings. The number of urea groups is 1. The summed E-state index contributed by atoms with van der Waals surface area (Å²) in [5.41, 5.74) is 3.13. The van der Waals surface area contributed by atoms with Gasteiger partial charge in [-0.2, -0.15) is 4.98 Å². The summed E-state index contributed by atoms with van der Waals surface area (Å²) < 4.78 is 19.8. The topological polar surface area (TPSA) is 90.8 Å². The highest BCUT2D eigenvalue weighted by Crippen LogP contribution is 2.37. The van der Waals surface area contributed by atoms with Crippen molar-refractivity contribution in [2.75, 3.05) is 48.0 Å². The first-order valence-electron chi connectivity index (χ1n) is 10.9. The molecule has 2 aliphatic heterocycles. The second-order valence-corrected chi connectivity index (χ2v) is 8.14. The van der Waals surface area contributed by atoms with Gasteiger partial charge in [-0.25, -0.2) is 14.2 Å². The van der Waals surface area contributed by atoms with Gasteiger partial charge in [0.25, 0.3) is 0 Å². The molecule has 5 rings (SSSR count). The number of amides is 2. The maximum Gasteiger partial charge on any atom is 0.327 e. The maximum atomic E-state index is 14.3. The number of nitrogens with one attached hydrogen (secondary N) is 1. The molecule has 0 spiro atoms. The zero-order valence-corrected chi connectivity index (χ0v) is 18.2. The Morgan fingerprint density at radius 2 is 1.94 bits per heavy atom. The number of ether oxygens (including phenoxy) is 1. The highest BCUT2D eigenvalue weighted by atomic mass is 19.1. The summed E-state index contributed by atoms with van der Waals surface area (Å²) in [5.74, 6) is 0.640. The van der Waals surface area contributed by atoms with Gasteiger partial charge >= 0.3 is 6.03 Å². The monoisotopic (exact) mass is 449 g/mol. The van der Waals surface area contributed by atoms with E-state index in [-0.39, 0.29) is 11.4 Å². The molecule has 2 aromatic carbocycles. The Labute approximate surface area is 190 Å². The normalized spacial score (nSPS) is 15.5. The fraction of sp³-hybridized carbons (Fsp3) is 0.292. The lowest BCUT2D eigenvalue weighted by Gasteiger charge is -2.28. The fourth-order valence-corrected chi connectivity index (χ4v) is 4.14. The maximum absolute atomic E-state index is 14.3. The van der Waals surface area contributed by atoms with Crippen LogP contribution >= 0.6 is 0 Å². The molecule has 1 fully saturated rings. The number of morpholine rings is 1. The predicted molar refractivity (Wildman–Crippen MR) is 123 cm³/mol. The molecular weight excluding hydrogens is 425 g/mol. The van der Waals surface area contributed by atoms with Gasteiger partial charge in [0.05, 0.1) is 24.6 Å². The van der Waals surface area contributed by atoms with Crippen molar-refractivity contribution < 1.29 is 19.0 Å². The minimum atomic E-state index is -0.486. The number of fused-ring (bicyclic) bond motifs is 1. The molecule has 0 bridgehead atoms. The number of hydrogen-bond donors (Lipinski definition) is 2. The standard InChI is InChI=1S/C24H24FN5O3/c1-15-5-6-20(19(25)13-15)26-24(32)30-8-7-18-21(16-3-2-4-17(31)14-16)27-23(28-22(18)30)29-9-11-33-12-10-29/h2-6,13-14,31H,7-12H2,1H3,(H,26,32). The predicted octanol–water partition coefficient (Wildman–Crippen LogP) is 3.73. The summed E-state index contributed by atoms with van der Waals surface area (Å²) in [6.45, 7) is 4.59. The van der Waals surface area contributed by atoms with Crippen LogP contribution in [0, 0.1) is 12.7 Å². The van der Waals surface area contributed by atoms with E-state index < -0.39 is 11.8 Å². The minimum absolute atomic E-state index is 0.120. The van der Waals surface area contributed by atoms with Crippen LogP contribution in [0.4, 0.5) is 26.6 Å². The number of anilines is 3. The summed E-state index contributed by atoms with van der Waals surface area (Å²) in [6, 6.07) is 11.1. The molecule has 0 saturated carbocycles. The third-order valence-corrected chi connectivity index (χ3v) is 5.84. The van der Waals surface area contributed by atoms with E-state index in [4.69, 9.17) is 14.7 Å². The van der Waals surface area contributed by atoms with E-state index in [0.29, 0.717) is 56.7 Å². The van der Waals surface area contributed by atoms with Gasteiger partial charge in [-0.1, -0.05) is 18.2 Å². The van der Waals surface area contributed by atoms with Crippen LogP contribution in [-0.4, -0.2) is 54.0 Å². The highest BCUT2D eigenvalue weighted by molar-refractivity contribution is 6.03. The van der Waals surface area contributed by atoms with Crippen molar-refractivity contribution in [3.05, 3.63) is 59.4 Å². The Morgan fingerprint density at radius 3 is 2.70 bits per heavy atom. The van der Waals surface area contributed by atoms with Crippen molar-refractivity contribution in [1.82, 2.24) is 9.97 Å².